The van der Waals surface area contributed by atoms with Crippen LogP contribution in [0.5, 0.6) is 0 Å². The number of piperazine rings is 1. The maximum Gasteiger partial charge on any atom is 0.234 e. The van der Waals surface area contributed by atoms with Crippen LogP contribution in [0, 0.1) is 5.92 Å². The van der Waals surface area contributed by atoms with Crippen molar-refractivity contribution in [1.29, 1.82) is 0 Å². The van der Waals surface area contributed by atoms with Gasteiger partial charge in [-0.05, 0) is 38.0 Å². The monoisotopic (exact) mass is 297 g/mol. The van der Waals surface area contributed by atoms with Gasteiger partial charge in [-0.3, -0.25) is 9.69 Å². The van der Waals surface area contributed by atoms with Crippen molar-refractivity contribution in [2.75, 3.05) is 45.9 Å². The minimum atomic E-state index is 0.193. The largest absolute Gasteiger partial charge is 0.396 e. The van der Waals surface area contributed by atoms with Crippen molar-refractivity contribution in [1.82, 2.24) is 15.1 Å². The summed E-state index contributed by atoms with van der Waals surface area (Å²) in [5.74, 6) is 1.02. The van der Waals surface area contributed by atoms with E-state index >= 15 is 0 Å². The number of rotatable bonds is 6. The second kappa shape index (κ2) is 8.71. The number of amides is 1. The van der Waals surface area contributed by atoms with E-state index in [1.165, 1.54) is 12.8 Å². The molecule has 1 aliphatic carbocycles. The van der Waals surface area contributed by atoms with Gasteiger partial charge in [-0.25, -0.2) is 0 Å². The molecular formula is C16H31N3O2. The second-order valence-corrected chi connectivity index (χ2v) is 6.72. The first-order chi connectivity index (χ1) is 10.2. The molecule has 1 aliphatic heterocycles. The Morgan fingerprint density at radius 3 is 2.33 bits per heavy atom. The smallest absolute Gasteiger partial charge is 0.234 e. The summed E-state index contributed by atoms with van der Waals surface area (Å²) in [6.45, 7) is 8.01. The highest BCUT2D eigenvalue weighted by atomic mass is 16.3. The van der Waals surface area contributed by atoms with Crippen LogP contribution in [0.3, 0.4) is 0 Å². The highest BCUT2D eigenvalue weighted by Gasteiger charge is 2.22. The topological polar surface area (TPSA) is 55.8 Å². The minimum Gasteiger partial charge on any atom is -0.396 e. The van der Waals surface area contributed by atoms with E-state index in [-0.39, 0.29) is 12.5 Å². The van der Waals surface area contributed by atoms with Gasteiger partial charge in [0.2, 0.25) is 5.91 Å². The Balaban J connectivity index is 1.60. The van der Waals surface area contributed by atoms with Gasteiger partial charge < -0.3 is 15.3 Å². The summed E-state index contributed by atoms with van der Waals surface area (Å²) in [7, 11) is 0. The number of carbonyl (C=O) groups excluding carboxylic acids is 1. The van der Waals surface area contributed by atoms with Crippen LogP contribution in [0.15, 0.2) is 0 Å². The van der Waals surface area contributed by atoms with E-state index < -0.39 is 0 Å². The predicted octanol–water partition coefficient (Wildman–Crippen LogP) is 0.681. The Kier molecular flexibility index (Phi) is 6.93. The number of aliphatic hydroxyl groups excluding tert-OH is 1. The molecule has 0 aromatic heterocycles. The molecular weight excluding hydrogens is 266 g/mol. The quantitative estimate of drug-likeness (QED) is 0.757. The van der Waals surface area contributed by atoms with Crippen LogP contribution in [-0.2, 0) is 4.79 Å². The van der Waals surface area contributed by atoms with Crippen molar-refractivity contribution >= 4 is 5.91 Å². The highest BCUT2D eigenvalue weighted by molar-refractivity contribution is 5.78. The Morgan fingerprint density at radius 1 is 1.10 bits per heavy atom. The normalized spacial score (nSPS) is 28.5. The first-order valence-corrected chi connectivity index (χ1v) is 8.52. The van der Waals surface area contributed by atoms with Crippen LogP contribution in [0.4, 0.5) is 0 Å². The average Bonchev–Trinajstić information content (AvgIpc) is 2.49. The maximum atomic E-state index is 12.1. The Bertz CT molecular complexity index is 309. The number of hydrogen-bond acceptors (Lipinski definition) is 4. The third-order valence-corrected chi connectivity index (χ3v) is 4.85. The molecule has 2 aliphatic rings. The van der Waals surface area contributed by atoms with Crippen molar-refractivity contribution in [2.24, 2.45) is 5.92 Å². The lowest BCUT2D eigenvalue weighted by molar-refractivity contribution is -0.123. The zero-order valence-corrected chi connectivity index (χ0v) is 13.4. The SMILES string of the molecule is CC1CCC(NC(=O)CN2CCN(CCCO)CC2)CC1. The number of hydrogen-bond donors (Lipinski definition) is 2. The summed E-state index contributed by atoms with van der Waals surface area (Å²) in [4.78, 5) is 16.7. The van der Waals surface area contributed by atoms with Gasteiger partial charge in [0.1, 0.15) is 0 Å². The molecule has 0 aromatic carbocycles. The lowest BCUT2D eigenvalue weighted by atomic mass is 9.87. The standard InChI is InChI=1S/C16H31N3O2/c1-14-3-5-15(6-4-14)17-16(21)13-19-10-8-18(9-11-19)7-2-12-20/h14-15,20H,2-13H2,1H3,(H,17,21). The number of carbonyl (C=O) groups is 1. The Morgan fingerprint density at radius 2 is 1.71 bits per heavy atom. The highest BCUT2D eigenvalue weighted by Crippen LogP contribution is 2.23. The first-order valence-electron chi connectivity index (χ1n) is 8.52. The molecule has 0 spiro atoms. The summed E-state index contributed by atoms with van der Waals surface area (Å²) in [5, 5.41) is 12.1. The van der Waals surface area contributed by atoms with Gasteiger partial charge in [-0.2, -0.15) is 0 Å². The average molecular weight is 297 g/mol. The third kappa shape index (κ3) is 5.93. The van der Waals surface area contributed by atoms with Crippen molar-refractivity contribution in [2.45, 2.75) is 45.1 Å². The molecule has 2 rings (SSSR count). The summed E-state index contributed by atoms with van der Waals surface area (Å²) in [5.41, 5.74) is 0. The molecule has 2 N–H and O–H groups in total. The van der Waals surface area contributed by atoms with Gasteiger partial charge in [0.15, 0.2) is 0 Å². The van der Waals surface area contributed by atoms with Crippen molar-refractivity contribution in [3.63, 3.8) is 0 Å². The molecule has 1 heterocycles. The van der Waals surface area contributed by atoms with Gasteiger partial charge in [0.25, 0.3) is 0 Å². The van der Waals surface area contributed by atoms with Crippen molar-refractivity contribution < 1.29 is 9.90 Å². The second-order valence-electron chi connectivity index (χ2n) is 6.72. The molecule has 2 fully saturated rings. The summed E-state index contributed by atoms with van der Waals surface area (Å²) in [6.07, 6.45) is 5.62. The van der Waals surface area contributed by atoms with Crippen LogP contribution in [0.1, 0.15) is 39.0 Å². The first kappa shape index (κ1) is 16.7. The lowest BCUT2D eigenvalue weighted by Crippen LogP contribution is -2.50. The van der Waals surface area contributed by atoms with E-state index in [0.717, 1.165) is 57.9 Å². The molecule has 0 aromatic rings. The van der Waals surface area contributed by atoms with Gasteiger partial charge in [-0.15, -0.1) is 0 Å². The van der Waals surface area contributed by atoms with E-state index in [0.29, 0.717) is 12.6 Å². The van der Waals surface area contributed by atoms with Crippen molar-refractivity contribution in [3.05, 3.63) is 0 Å². The van der Waals surface area contributed by atoms with Crippen LogP contribution in [-0.4, -0.2) is 72.7 Å². The molecule has 5 heteroatoms. The minimum absolute atomic E-state index is 0.193. The Labute approximate surface area is 128 Å². The van der Waals surface area contributed by atoms with E-state index in [2.05, 4.69) is 22.0 Å². The summed E-state index contributed by atoms with van der Waals surface area (Å²) >= 11 is 0. The molecule has 0 radical (unpaired) electrons. The molecule has 0 unspecified atom stereocenters. The van der Waals surface area contributed by atoms with Crippen LogP contribution >= 0.6 is 0 Å². The van der Waals surface area contributed by atoms with Crippen LogP contribution in [0.2, 0.25) is 0 Å². The van der Waals surface area contributed by atoms with Gasteiger partial charge in [0.05, 0.1) is 6.54 Å². The zero-order valence-electron chi connectivity index (χ0n) is 13.4. The van der Waals surface area contributed by atoms with Crippen LogP contribution < -0.4 is 5.32 Å². The molecule has 0 atom stereocenters. The van der Waals surface area contributed by atoms with E-state index in [9.17, 15) is 4.79 Å². The van der Waals surface area contributed by atoms with Crippen molar-refractivity contribution in [3.8, 4) is 0 Å². The lowest BCUT2D eigenvalue weighted by Gasteiger charge is -2.34. The fourth-order valence-corrected chi connectivity index (χ4v) is 3.35. The van der Waals surface area contributed by atoms with E-state index in [1.54, 1.807) is 0 Å². The fourth-order valence-electron chi connectivity index (χ4n) is 3.35. The molecule has 1 amide bonds. The van der Waals surface area contributed by atoms with Crippen LogP contribution in [0.25, 0.3) is 0 Å². The summed E-state index contributed by atoms with van der Waals surface area (Å²) in [6, 6.07) is 0.402. The Hall–Kier alpha value is -0.650. The molecule has 1 saturated carbocycles. The summed E-state index contributed by atoms with van der Waals surface area (Å²) < 4.78 is 0. The van der Waals surface area contributed by atoms with Gasteiger partial charge in [-0.1, -0.05) is 6.92 Å². The van der Waals surface area contributed by atoms with E-state index in [1.807, 2.05) is 0 Å². The molecule has 1 saturated heterocycles. The predicted molar refractivity (Wildman–Crippen MR) is 84.1 cm³/mol. The maximum absolute atomic E-state index is 12.1. The number of aliphatic hydroxyl groups is 1. The molecule has 122 valence electrons. The third-order valence-electron chi connectivity index (χ3n) is 4.85. The fraction of sp³-hybridized carbons (Fsp3) is 0.938. The molecule has 0 bridgehead atoms. The van der Waals surface area contributed by atoms with Gasteiger partial charge >= 0.3 is 0 Å². The number of nitrogens with zero attached hydrogens (tertiary/aromatic N) is 2. The number of nitrogens with one attached hydrogen (secondary N) is 1. The molecule has 21 heavy (non-hydrogen) atoms. The van der Waals surface area contributed by atoms with E-state index in [4.69, 9.17) is 5.11 Å². The zero-order chi connectivity index (χ0) is 15.1. The molecule has 5 nitrogen and oxygen atoms in total. The van der Waals surface area contributed by atoms with Gasteiger partial charge in [0, 0.05) is 45.4 Å².